The molecule has 8 heteroatoms. The number of carboxylic acids is 1. The van der Waals surface area contributed by atoms with Crippen molar-refractivity contribution in [2.24, 2.45) is 5.10 Å². The number of aryl methyl sites for hydroxylation is 1. The first-order chi connectivity index (χ1) is 13.8. The van der Waals surface area contributed by atoms with Crippen molar-refractivity contribution < 1.29 is 18.7 Å². The van der Waals surface area contributed by atoms with Crippen LogP contribution in [-0.4, -0.2) is 28.3 Å². The van der Waals surface area contributed by atoms with E-state index in [1.165, 1.54) is 17.3 Å². The predicted molar refractivity (Wildman–Crippen MR) is 111 cm³/mol. The number of hydrazone groups is 1. The molecule has 1 heterocycles. The Balaban J connectivity index is 1.98. The van der Waals surface area contributed by atoms with Crippen LogP contribution in [0.15, 0.2) is 47.6 Å². The Hall–Kier alpha value is -3.13. The van der Waals surface area contributed by atoms with Crippen molar-refractivity contribution in [1.82, 2.24) is 4.98 Å². The molecule has 0 fully saturated rings. The minimum absolute atomic E-state index is 0.171. The van der Waals surface area contributed by atoms with Crippen molar-refractivity contribution in [3.05, 3.63) is 70.1 Å². The van der Waals surface area contributed by atoms with Crippen LogP contribution < -0.4 is 5.01 Å². The van der Waals surface area contributed by atoms with Crippen molar-refractivity contribution >= 4 is 28.7 Å². The van der Waals surface area contributed by atoms with E-state index in [1.807, 2.05) is 39.0 Å². The van der Waals surface area contributed by atoms with E-state index in [2.05, 4.69) is 10.1 Å². The van der Waals surface area contributed by atoms with Crippen molar-refractivity contribution in [2.75, 3.05) is 5.01 Å². The average Bonchev–Trinajstić information content (AvgIpc) is 3.04. The van der Waals surface area contributed by atoms with Gasteiger partial charge in [0.2, 0.25) is 10.3 Å². The van der Waals surface area contributed by atoms with Crippen LogP contribution in [0.25, 0.3) is 11.3 Å². The Morgan fingerprint density at radius 2 is 1.97 bits per heavy atom. The van der Waals surface area contributed by atoms with Gasteiger partial charge in [0.25, 0.3) is 0 Å². The largest absolute Gasteiger partial charge is 0.478 e. The second-order valence-electron chi connectivity index (χ2n) is 6.65. The molecule has 3 aromatic rings. The second-order valence-corrected chi connectivity index (χ2v) is 7.58. The fourth-order valence-corrected chi connectivity index (χ4v) is 3.65. The molecule has 150 valence electrons. The molecule has 0 unspecified atom stereocenters. The zero-order valence-electron chi connectivity index (χ0n) is 16.1. The summed E-state index contributed by atoms with van der Waals surface area (Å²) in [4.78, 5) is 15.8. The molecule has 0 bridgehead atoms. The van der Waals surface area contributed by atoms with E-state index in [4.69, 9.17) is 0 Å². The molecule has 0 aliphatic heterocycles. The minimum Gasteiger partial charge on any atom is -0.478 e. The van der Waals surface area contributed by atoms with Crippen molar-refractivity contribution in [1.29, 1.82) is 0 Å². The number of nitrogens with zero attached hydrogens (tertiary/aromatic N) is 3. The van der Waals surface area contributed by atoms with E-state index in [0.29, 0.717) is 10.7 Å². The van der Waals surface area contributed by atoms with Gasteiger partial charge in [0.1, 0.15) is 11.5 Å². The van der Waals surface area contributed by atoms with Crippen LogP contribution in [0.1, 0.15) is 35.3 Å². The normalized spacial score (nSPS) is 11.4. The van der Waals surface area contributed by atoms with Gasteiger partial charge < -0.3 is 5.11 Å². The molecule has 0 aliphatic carbocycles. The lowest BCUT2D eigenvalue weighted by Gasteiger charge is -2.20. The van der Waals surface area contributed by atoms with E-state index in [9.17, 15) is 18.7 Å². The topological polar surface area (TPSA) is 65.8 Å². The Kier molecular flexibility index (Phi) is 6.03. The molecule has 0 atom stereocenters. The first-order valence-corrected chi connectivity index (χ1v) is 9.68. The summed E-state index contributed by atoms with van der Waals surface area (Å²) in [5, 5.41) is 15.0. The van der Waals surface area contributed by atoms with Gasteiger partial charge >= 0.3 is 5.97 Å². The van der Waals surface area contributed by atoms with Crippen molar-refractivity contribution in [3.63, 3.8) is 0 Å². The predicted octanol–water partition coefficient (Wildman–Crippen LogP) is 5.34. The Morgan fingerprint density at radius 3 is 2.62 bits per heavy atom. The van der Waals surface area contributed by atoms with E-state index >= 15 is 0 Å². The molecule has 1 aromatic heterocycles. The number of aromatic carboxylic acids is 1. The summed E-state index contributed by atoms with van der Waals surface area (Å²) < 4.78 is 28.0. The summed E-state index contributed by atoms with van der Waals surface area (Å²) in [6, 6.07) is 10.6. The SMILES string of the molecule is Cc1ccccc1-c1nc(N(/N=C/c2ccc(F)cc2C(=O)O)C(C)C)sc1F. The Bertz CT molecular complexity index is 1080. The van der Waals surface area contributed by atoms with Crippen LogP contribution in [-0.2, 0) is 0 Å². The summed E-state index contributed by atoms with van der Waals surface area (Å²) >= 11 is 0.861. The van der Waals surface area contributed by atoms with Gasteiger partial charge in [-0.1, -0.05) is 35.6 Å². The molecule has 0 spiro atoms. The molecule has 0 amide bonds. The Labute approximate surface area is 171 Å². The highest BCUT2D eigenvalue weighted by atomic mass is 32.1. The fourth-order valence-electron chi connectivity index (χ4n) is 2.75. The number of rotatable bonds is 6. The van der Waals surface area contributed by atoms with Crippen LogP contribution in [0.5, 0.6) is 0 Å². The van der Waals surface area contributed by atoms with Crippen LogP contribution in [0, 0.1) is 17.9 Å². The van der Waals surface area contributed by atoms with Gasteiger partial charge in [-0.15, -0.1) is 0 Å². The Morgan fingerprint density at radius 1 is 1.24 bits per heavy atom. The number of carbonyl (C=O) groups is 1. The number of halogens is 2. The number of benzene rings is 2. The van der Waals surface area contributed by atoms with Crippen LogP contribution in [0.4, 0.5) is 13.9 Å². The summed E-state index contributed by atoms with van der Waals surface area (Å²) in [6.07, 6.45) is 1.32. The van der Waals surface area contributed by atoms with Gasteiger partial charge in [-0.25, -0.2) is 19.2 Å². The summed E-state index contributed by atoms with van der Waals surface area (Å²) in [5.74, 6) is -1.91. The van der Waals surface area contributed by atoms with Crippen LogP contribution in [0.2, 0.25) is 0 Å². The molecule has 0 saturated heterocycles. The summed E-state index contributed by atoms with van der Waals surface area (Å²) in [7, 11) is 0. The number of anilines is 1. The second kappa shape index (κ2) is 8.48. The molecule has 0 radical (unpaired) electrons. The number of thiazole rings is 1. The van der Waals surface area contributed by atoms with Gasteiger partial charge in [0, 0.05) is 17.2 Å². The first-order valence-electron chi connectivity index (χ1n) is 8.86. The molecular formula is C21H19F2N3O2S. The average molecular weight is 415 g/mol. The molecular weight excluding hydrogens is 396 g/mol. The highest BCUT2D eigenvalue weighted by Gasteiger charge is 2.20. The first kappa shape index (κ1) is 20.6. The van der Waals surface area contributed by atoms with E-state index < -0.39 is 16.9 Å². The lowest BCUT2D eigenvalue weighted by atomic mass is 10.1. The lowest BCUT2D eigenvalue weighted by Crippen LogP contribution is -2.25. The smallest absolute Gasteiger partial charge is 0.336 e. The quantitative estimate of drug-likeness (QED) is 0.436. The number of aromatic nitrogens is 1. The van der Waals surface area contributed by atoms with Crippen LogP contribution >= 0.6 is 11.3 Å². The third-order valence-corrected chi connectivity index (χ3v) is 5.06. The third-order valence-electron chi connectivity index (χ3n) is 4.23. The molecule has 0 aliphatic rings. The maximum Gasteiger partial charge on any atom is 0.336 e. The van der Waals surface area contributed by atoms with Crippen LogP contribution in [0.3, 0.4) is 0 Å². The summed E-state index contributed by atoms with van der Waals surface area (Å²) in [5.41, 5.74) is 1.88. The zero-order chi connectivity index (χ0) is 21.1. The molecule has 0 saturated carbocycles. The number of hydrogen-bond acceptors (Lipinski definition) is 5. The van der Waals surface area contributed by atoms with Crippen molar-refractivity contribution in [3.8, 4) is 11.3 Å². The maximum absolute atomic E-state index is 14.6. The third kappa shape index (κ3) is 4.48. The molecule has 3 rings (SSSR count). The minimum atomic E-state index is -1.26. The highest BCUT2D eigenvalue weighted by molar-refractivity contribution is 7.14. The summed E-state index contributed by atoms with van der Waals surface area (Å²) in [6.45, 7) is 5.59. The van der Waals surface area contributed by atoms with Gasteiger partial charge in [0.15, 0.2) is 0 Å². The van der Waals surface area contributed by atoms with E-state index in [0.717, 1.165) is 29.0 Å². The standard InChI is InChI=1S/C21H19F2N3O2S/c1-12(2)26(24-11-14-8-9-15(22)10-17(14)20(27)28)21-25-18(19(23)29-21)16-7-5-4-6-13(16)3/h4-12H,1-3H3,(H,27,28)/b24-11+. The monoisotopic (exact) mass is 415 g/mol. The van der Waals surface area contributed by atoms with Gasteiger partial charge in [-0.3, -0.25) is 0 Å². The molecule has 1 N–H and O–H groups in total. The van der Waals surface area contributed by atoms with Gasteiger partial charge in [0.05, 0.1) is 11.8 Å². The maximum atomic E-state index is 14.6. The number of carboxylic acid groups (broad SMARTS) is 1. The molecule has 5 nitrogen and oxygen atoms in total. The van der Waals surface area contributed by atoms with E-state index in [1.54, 1.807) is 6.07 Å². The van der Waals surface area contributed by atoms with Gasteiger partial charge in [-0.05, 0) is 44.5 Å². The number of hydrogen-bond donors (Lipinski definition) is 1. The van der Waals surface area contributed by atoms with Crippen molar-refractivity contribution in [2.45, 2.75) is 26.8 Å². The molecule has 2 aromatic carbocycles. The van der Waals surface area contributed by atoms with Gasteiger partial charge in [-0.2, -0.15) is 9.49 Å². The lowest BCUT2D eigenvalue weighted by molar-refractivity contribution is 0.0696. The fraction of sp³-hybridized carbons (Fsp3) is 0.190. The van der Waals surface area contributed by atoms with E-state index in [-0.39, 0.29) is 22.9 Å². The zero-order valence-corrected chi connectivity index (χ0v) is 16.9. The highest BCUT2D eigenvalue weighted by Crippen LogP contribution is 2.34. The molecule has 29 heavy (non-hydrogen) atoms.